The number of halogens is 1. The van der Waals surface area contributed by atoms with Crippen LogP contribution in [0, 0.1) is 0 Å². The van der Waals surface area contributed by atoms with E-state index >= 15 is 0 Å². The van der Waals surface area contributed by atoms with Gasteiger partial charge in [-0.1, -0.05) is 17.7 Å². The smallest absolute Gasteiger partial charge is 0.407 e. The topological polar surface area (TPSA) is 133 Å². The Morgan fingerprint density at radius 1 is 1.13 bits per heavy atom. The van der Waals surface area contributed by atoms with Gasteiger partial charge in [0.2, 0.25) is 0 Å². The second-order valence-corrected chi connectivity index (χ2v) is 8.29. The number of hydrogen-bond acceptors (Lipinski definition) is 5. The molecule has 0 radical (unpaired) electrons. The van der Waals surface area contributed by atoms with Crippen LogP contribution < -0.4 is 5.32 Å². The highest BCUT2D eigenvalue weighted by atomic mass is 35.5. The first-order chi connectivity index (χ1) is 14.1. The zero-order valence-corrected chi connectivity index (χ0v) is 18.2. The number of benzene rings is 1. The number of hydrogen-bond donors (Lipinski definition) is 2. The third-order valence-electron chi connectivity index (χ3n) is 4.09. The molecule has 4 N–H and O–H groups in total. The van der Waals surface area contributed by atoms with Crippen LogP contribution >= 0.6 is 11.6 Å². The Bertz CT molecular complexity index is 1110. The van der Waals surface area contributed by atoms with E-state index < -0.39 is 17.7 Å². The highest BCUT2D eigenvalue weighted by molar-refractivity contribution is 6.31. The predicted molar refractivity (Wildman–Crippen MR) is 117 cm³/mol. The van der Waals surface area contributed by atoms with Gasteiger partial charge in [0.25, 0.3) is 0 Å². The minimum atomic E-state index is -1.06. The average molecular weight is 446 g/mol. The molecule has 3 aromatic rings. The fourth-order valence-corrected chi connectivity index (χ4v) is 3.07. The van der Waals surface area contributed by atoms with Crippen LogP contribution in [0.2, 0.25) is 5.02 Å². The number of fused-ring (bicyclic) bond motifs is 1. The molecule has 2 aromatic heterocycles. The lowest BCUT2D eigenvalue weighted by Gasteiger charge is -2.19. The number of ether oxygens (including phenoxy) is 1. The first-order valence-electron chi connectivity index (χ1n) is 9.33. The maximum Gasteiger partial charge on any atom is 0.407 e. The van der Waals surface area contributed by atoms with E-state index in [0.717, 1.165) is 16.5 Å². The molecular formula is C22H24ClN3O5. The van der Waals surface area contributed by atoms with Crippen LogP contribution in [0.5, 0.6) is 0 Å². The van der Waals surface area contributed by atoms with E-state index in [1.54, 1.807) is 27.0 Å². The summed E-state index contributed by atoms with van der Waals surface area (Å²) >= 11 is 6.02. The summed E-state index contributed by atoms with van der Waals surface area (Å²) in [6, 6.07) is 10.5. The second-order valence-electron chi connectivity index (χ2n) is 7.86. The quantitative estimate of drug-likeness (QED) is 0.614. The normalized spacial score (nSPS) is 11.0. The number of nitrogens with zero attached hydrogens (tertiary/aromatic N) is 2. The summed E-state index contributed by atoms with van der Waals surface area (Å²) in [5, 5.41) is 13.5. The Labute approximate surface area is 184 Å². The molecule has 1 amide bonds. The number of alkyl carbamates (subject to hydrolysis) is 1. The maximum atomic E-state index is 11.9. The molecule has 3 rings (SSSR count). The molecular weight excluding hydrogens is 422 g/mol. The largest absolute Gasteiger partial charge is 0.478 e. The Morgan fingerprint density at radius 3 is 2.52 bits per heavy atom. The van der Waals surface area contributed by atoms with Crippen molar-refractivity contribution in [1.29, 1.82) is 0 Å². The molecule has 0 aliphatic heterocycles. The number of aromatic nitrogens is 2. The van der Waals surface area contributed by atoms with Crippen molar-refractivity contribution in [2.45, 2.75) is 39.3 Å². The fraction of sp³-hybridized carbons (Fsp3) is 0.273. The van der Waals surface area contributed by atoms with Gasteiger partial charge in [0, 0.05) is 23.7 Å². The lowest BCUT2D eigenvalue weighted by atomic mass is 10.0. The first kappa shape index (κ1) is 24.0. The van der Waals surface area contributed by atoms with Crippen molar-refractivity contribution in [3.63, 3.8) is 0 Å². The van der Waals surface area contributed by atoms with Gasteiger partial charge in [0.05, 0.1) is 28.3 Å². The number of pyridine rings is 2. The number of carboxylic acid groups (broad SMARTS) is 1. The number of aromatic carboxylic acids is 1. The molecule has 0 aliphatic rings. The van der Waals surface area contributed by atoms with Gasteiger partial charge in [-0.25, -0.2) is 9.59 Å². The van der Waals surface area contributed by atoms with Crippen molar-refractivity contribution in [1.82, 2.24) is 15.3 Å². The number of carboxylic acids is 1. The van der Waals surface area contributed by atoms with Gasteiger partial charge < -0.3 is 20.6 Å². The molecule has 0 saturated carbocycles. The summed E-state index contributed by atoms with van der Waals surface area (Å²) in [5.74, 6) is -1.06. The monoisotopic (exact) mass is 445 g/mol. The summed E-state index contributed by atoms with van der Waals surface area (Å²) in [5.41, 5.74) is 2.24. The minimum Gasteiger partial charge on any atom is -0.478 e. The van der Waals surface area contributed by atoms with Crippen molar-refractivity contribution in [3.05, 3.63) is 70.1 Å². The maximum absolute atomic E-state index is 11.9. The highest BCUT2D eigenvalue weighted by Crippen LogP contribution is 2.20. The van der Waals surface area contributed by atoms with Crippen LogP contribution in [0.25, 0.3) is 10.9 Å². The zero-order valence-electron chi connectivity index (χ0n) is 17.4. The van der Waals surface area contributed by atoms with Gasteiger partial charge in [-0.05, 0) is 56.7 Å². The first-order valence-corrected chi connectivity index (χ1v) is 9.71. The van der Waals surface area contributed by atoms with Crippen LogP contribution in [0.3, 0.4) is 0 Å². The van der Waals surface area contributed by atoms with E-state index in [4.69, 9.17) is 16.3 Å². The van der Waals surface area contributed by atoms with Crippen LogP contribution in [0.4, 0.5) is 4.79 Å². The van der Waals surface area contributed by atoms with E-state index in [1.165, 1.54) is 12.1 Å². The molecule has 0 atom stereocenters. The van der Waals surface area contributed by atoms with E-state index in [-0.39, 0.29) is 17.6 Å². The summed E-state index contributed by atoms with van der Waals surface area (Å²) in [6.07, 6.45) is 1.42. The Morgan fingerprint density at radius 2 is 1.84 bits per heavy atom. The van der Waals surface area contributed by atoms with Crippen LogP contribution in [0.15, 0.2) is 42.6 Å². The van der Waals surface area contributed by atoms with Crippen molar-refractivity contribution in [2.24, 2.45) is 0 Å². The molecule has 0 bridgehead atoms. The van der Waals surface area contributed by atoms with Gasteiger partial charge in [-0.2, -0.15) is 0 Å². The Balaban J connectivity index is 0.00000341. The number of amides is 1. The van der Waals surface area contributed by atoms with Crippen LogP contribution in [-0.2, 0) is 17.7 Å². The fourth-order valence-electron chi connectivity index (χ4n) is 2.90. The highest BCUT2D eigenvalue weighted by Gasteiger charge is 2.16. The van der Waals surface area contributed by atoms with Crippen LogP contribution in [-0.4, -0.2) is 38.2 Å². The molecule has 8 nitrogen and oxygen atoms in total. The lowest BCUT2D eigenvalue weighted by Crippen LogP contribution is -2.32. The average Bonchev–Trinajstić information content (AvgIpc) is 2.64. The molecule has 0 fully saturated rings. The lowest BCUT2D eigenvalue weighted by molar-refractivity contribution is 0.0522. The molecule has 1 aromatic carbocycles. The van der Waals surface area contributed by atoms with Crippen molar-refractivity contribution >= 4 is 34.6 Å². The Hall–Kier alpha value is -3.23. The Kier molecular flexibility index (Phi) is 7.54. The minimum absolute atomic E-state index is 0. The predicted octanol–water partition coefficient (Wildman–Crippen LogP) is 3.77. The molecule has 0 saturated heterocycles. The van der Waals surface area contributed by atoms with Crippen molar-refractivity contribution in [2.75, 3.05) is 0 Å². The number of rotatable bonds is 5. The van der Waals surface area contributed by atoms with E-state index in [1.807, 2.05) is 24.3 Å². The van der Waals surface area contributed by atoms with Gasteiger partial charge in [0.15, 0.2) is 0 Å². The van der Waals surface area contributed by atoms with Crippen LogP contribution in [0.1, 0.15) is 48.1 Å². The van der Waals surface area contributed by atoms with Crippen molar-refractivity contribution < 1.29 is 24.9 Å². The second kappa shape index (κ2) is 9.72. The SMILES string of the molecule is CC(C)(C)OC(=O)NCc1cc(C(=O)O)cc(Cc2ccc3ncc(Cl)cc3c2)n1.O. The molecule has 0 unspecified atom stereocenters. The molecule has 164 valence electrons. The summed E-state index contributed by atoms with van der Waals surface area (Å²) in [6.45, 7) is 5.35. The standard InChI is InChI=1S/C22H22ClN3O4.H2O/c1-22(2,3)30-21(29)25-12-18-10-15(20(27)28)9-17(26-18)7-13-4-5-19-14(6-13)8-16(23)11-24-19;/h4-6,8-11H,7,12H2,1-3H3,(H,25,29)(H,27,28);1H2. The van der Waals surface area contributed by atoms with Gasteiger partial charge in [-0.15, -0.1) is 0 Å². The molecule has 2 heterocycles. The summed E-state index contributed by atoms with van der Waals surface area (Å²) in [7, 11) is 0. The zero-order chi connectivity index (χ0) is 21.9. The summed E-state index contributed by atoms with van der Waals surface area (Å²) < 4.78 is 5.20. The molecule has 0 spiro atoms. The number of carbonyl (C=O) groups is 2. The van der Waals surface area contributed by atoms with Gasteiger partial charge >= 0.3 is 12.1 Å². The molecule has 9 heteroatoms. The van der Waals surface area contributed by atoms with E-state index in [9.17, 15) is 14.7 Å². The number of carbonyl (C=O) groups excluding carboxylic acids is 1. The van der Waals surface area contributed by atoms with E-state index in [2.05, 4.69) is 15.3 Å². The van der Waals surface area contributed by atoms with Crippen molar-refractivity contribution in [3.8, 4) is 0 Å². The summed E-state index contributed by atoms with van der Waals surface area (Å²) in [4.78, 5) is 32.2. The third kappa shape index (κ3) is 6.91. The van der Waals surface area contributed by atoms with Gasteiger partial charge in [-0.3, -0.25) is 9.97 Å². The number of nitrogens with one attached hydrogen (secondary N) is 1. The molecule has 0 aliphatic carbocycles. The molecule has 31 heavy (non-hydrogen) atoms. The van der Waals surface area contributed by atoms with E-state index in [0.29, 0.717) is 22.8 Å². The third-order valence-corrected chi connectivity index (χ3v) is 4.30. The van der Waals surface area contributed by atoms with Gasteiger partial charge in [0.1, 0.15) is 5.60 Å².